The summed E-state index contributed by atoms with van der Waals surface area (Å²) in [5.74, 6) is -0.125. The lowest BCUT2D eigenvalue weighted by molar-refractivity contribution is -0.139. The normalized spacial score (nSPS) is 20.4. The van der Waals surface area contributed by atoms with Gasteiger partial charge in [-0.15, -0.1) is 0 Å². The number of nitrogens with zero attached hydrogens (tertiary/aromatic N) is 2. The summed E-state index contributed by atoms with van der Waals surface area (Å²) < 4.78 is 0. The van der Waals surface area contributed by atoms with Crippen molar-refractivity contribution in [3.05, 3.63) is 33.8 Å². The fraction of sp³-hybridized carbons (Fsp3) is 0.556. The van der Waals surface area contributed by atoms with Gasteiger partial charge >= 0.3 is 0 Å². The molecule has 0 spiro atoms. The maximum absolute atomic E-state index is 12.8. The highest BCUT2D eigenvalue weighted by molar-refractivity contribution is 6.43. The van der Waals surface area contributed by atoms with Crippen LogP contribution in [0, 0.1) is 0 Å². The highest BCUT2D eigenvalue weighted by Crippen LogP contribution is 2.29. The average molecular weight is 384 g/mol. The predicted octanol–water partition coefficient (Wildman–Crippen LogP) is 2.94. The first-order valence-corrected chi connectivity index (χ1v) is 9.49. The van der Waals surface area contributed by atoms with Crippen LogP contribution in [0.4, 0.5) is 0 Å². The Labute approximate surface area is 158 Å². The third-order valence-electron chi connectivity index (χ3n) is 5.21. The van der Waals surface area contributed by atoms with Crippen molar-refractivity contribution in [2.75, 3.05) is 26.2 Å². The Bertz CT molecular complexity index is 666. The van der Waals surface area contributed by atoms with E-state index in [9.17, 15) is 9.59 Å². The van der Waals surface area contributed by atoms with Crippen molar-refractivity contribution in [2.45, 2.75) is 37.6 Å². The minimum atomic E-state index is -0.722. The minimum absolute atomic E-state index is 0.0279. The van der Waals surface area contributed by atoms with Crippen LogP contribution in [0.2, 0.25) is 10.0 Å². The van der Waals surface area contributed by atoms with E-state index in [2.05, 4.69) is 0 Å². The van der Waals surface area contributed by atoms with Gasteiger partial charge in [-0.3, -0.25) is 9.59 Å². The summed E-state index contributed by atoms with van der Waals surface area (Å²) in [6, 6.07) is 5.04. The van der Waals surface area contributed by atoms with Crippen LogP contribution >= 0.6 is 23.2 Å². The Morgan fingerprint density at radius 1 is 0.960 bits per heavy atom. The van der Waals surface area contributed by atoms with Gasteiger partial charge in [-0.05, 0) is 25.0 Å². The monoisotopic (exact) mass is 383 g/mol. The third-order valence-corrected chi connectivity index (χ3v) is 6.03. The molecule has 0 radical (unpaired) electrons. The highest BCUT2D eigenvalue weighted by Gasteiger charge is 2.39. The van der Waals surface area contributed by atoms with E-state index in [4.69, 9.17) is 28.9 Å². The summed E-state index contributed by atoms with van der Waals surface area (Å²) in [4.78, 5) is 29.0. The predicted molar refractivity (Wildman–Crippen MR) is 98.9 cm³/mol. The van der Waals surface area contributed by atoms with E-state index < -0.39 is 5.54 Å². The average Bonchev–Trinajstić information content (AvgIpc) is 2.63. The van der Waals surface area contributed by atoms with Gasteiger partial charge in [0.25, 0.3) is 5.91 Å². The van der Waals surface area contributed by atoms with Crippen molar-refractivity contribution < 1.29 is 9.59 Å². The summed E-state index contributed by atoms with van der Waals surface area (Å²) >= 11 is 12.1. The van der Waals surface area contributed by atoms with Crippen LogP contribution in [0.25, 0.3) is 0 Å². The molecule has 1 heterocycles. The van der Waals surface area contributed by atoms with E-state index in [1.807, 2.05) is 0 Å². The second-order valence-corrected chi connectivity index (χ2v) is 7.69. The number of carbonyl (C=O) groups is 2. The molecular weight excluding hydrogens is 361 g/mol. The topological polar surface area (TPSA) is 66.6 Å². The standard InChI is InChI=1S/C18H23Cl2N3O2/c19-14-6-4-5-13(15(14)20)16(24)22-9-11-23(12-10-22)17(25)18(21)7-2-1-3-8-18/h4-6H,1-3,7-12,21H2. The van der Waals surface area contributed by atoms with Crippen molar-refractivity contribution >= 4 is 35.0 Å². The molecule has 0 bridgehead atoms. The molecule has 25 heavy (non-hydrogen) atoms. The Balaban J connectivity index is 1.62. The lowest BCUT2D eigenvalue weighted by atomic mass is 9.81. The number of nitrogens with two attached hydrogens (primary N) is 1. The molecule has 0 atom stereocenters. The van der Waals surface area contributed by atoms with Crippen LogP contribution in [0.1, 0.15) is 42.5 Å². The molecule has 3 rings (SSSR count). The smallest absolute Gasteiger partial charge is 0.255 e. The molecule has 136 valence electrons. The van der Waals surface area contributed by atoms with Gasteiger partial charge in [0.15, 0.2) is 0 Å². The van der Waals surface area contributed by atoms with Crippen LogP contribution in [-0.4, -0.2) is 53.3 Å². The van der Waals surface area contributed by atoms with E-state index in [1.165, 1.54) is 0 Å². The number of hydrogen-bond acceptors (Lipinski definition) is 3. The first kappa shape index (κ1) is 18.5. The van der Waals surface area contributed by atoms with E-state index in [0.29, 0.717) is 36.8 Å². The van der Waals surface area contributed by atoms with E-state index in [0.717, 1.165) is 32.1 Å². The molecule has 2 aliphatic rings. The van der Waals surface area contributed by atoms with Gasteiger partial charge in [0.1, 0.15) is 0 Å². The van der Waals surface area contributed by atoms with Crippen molar-refractivity contribution in [3.63, 3.8) is 0 Å². The molecule has 1 saturated carbocycles. The number of amides is 2. The fourth-order valence-electron chi connectivity index (χ4n) is 3.66. The molecule has 2 fully saturated rings. The van der Waals surface area contributed by atoms with E-state index >= 15 is 0 Å². The first-order valence-electron chi connectivity index (χ1n) is 8.74. The molecule has 1 aliphatic heterocycles. The number of halogens is 2. The van der Waals surface area contributed by atoms with Crippen molar-refractivity contribution in [1.29, 1.82) is 0 Å². The number of piperazine rings is 1. The van der Waals surface area contributed by atoms with Gasteiger partial charge < -0.3 is 15.5 Å². The zero-order valence-electron chi connectivity index (χ0n) is 14.1. The molecule has 2 amide bonds. The van der Waals surface area contributed by atoms with Crippen LogP contribution in [-0.2, 0) is 4.79 Å². The van der Waals surface area contributed by atoms with Gasteiger partial charge in [0.2, 0.25) is 5.91 Å². The van der Waals surface area contributed by atoms with Crippen LogP contribution in [0.3, 0.4) is 0 Å². The van der Waals surface area contributed by atoms with E-state index in [1.54, 1.807) is 28.0 Å². The van der Waals surface area contributed by atoms with Crippen LogP contribution in [0.15, 0.2) is 18.2 Å². The van der Waals surface area contributed by atoms with E-state index in [-0.39, 0.29) is 16.8 Å². The molecule has 1 aromatic carbocycles. The summed E-state index contributed by atoms with van der Waals surface area (Å²) in [6.07, 6.45) is 4.67. The molecule has 1 aliphatic carbocycles. The van der Waals surface area contributed by atoms with Crippen molar-refractivity contribution in [1.82, 2.24) is 9.80 Å². The minimum Gasteiger partial charge on any atom is -0.338 e. The second kappa shape index (κ2) is 7.52. The Morgan fingerprint density at radius 3 is 2.20 bits per heavy atom. The largest absolute Gasteiger partial charge is 0.338 e. The molecule has 5 nitrogen and oxygen atoms in total. The zero-order valence-corrected chi connectivity index (χ0v) is 15.7. The highest BCUT2D eigenvalue weighted by atomic mass is 35.5. The third kappa shape index (κ3) is 3.78. The lowest BCUT2D eigenvalue weighted by Gasteiger charge is -2.41. The van der Waals surface area contributed by atoms with Gasteiger partial charge in [0.05, 0.1) is 21.1 Å². The summed E-state index contributed by atoms with van der Waals surface area (Å²) in [5, 5.41) is 0.638. The maximum atomic E-state index is 12.8. The summed E-state index contributed by atoms with van der Waals surface area (Å²) in [6.45, 7) is 1.95. The number of rotatable bonds is 2. The summed E-state index contributed by atoms with van der Waals surface area (Å²) in [7, 11) is 0. The molecule has 0 aromatic heterocycles. The van der Waals surface area contributed by atoms with Crippen LogP contribution < -0.4 is 5.73 Å². The SMILES string of the molecule is NC1(C(=O)N2CCN(C(=O)c3cccc(Cl)c3Cl)CC2)CCCCC1. The molecule has 2 N–H and O–H groups in total. The lowest BCUT2D eigenvalue weighted by Crippen LogP contribution is -2.60. The quantitative estimate of drug-likeness (QED) is 0.853. The fourth-order valence-corrected chi connectivity index (χ4v) is 4.04. The van der Waals surface area contributed by atoms with Crippen LogP contribution in [0.5, 0.6) is 0 Å². The molecule has 1 saturated heterocycles. The molecular formula is C18H23Cl2N3O2. The number of hydrogen-bond donors (Lipinski definition) is 1. The second-order valence-electron chi connectivity index (χ2n) is 6.90. The van der Waals surface area contributed by atoms with Crippen molar-refractivity contribution in [2.24, 2.45) is 5.73 Å². The number of carbonyl (C=O) groups excluding carboxylic acids is 2. The molecule has 1 aromatic rings. The van der Waals surface area contributed by atoms with Gasteiger partial charge in [-0.2, -0.15) is 0 Å². The van der Waals surface area contributed by atoms with Crippen molar-refractivity contribution in [3.8, 4) is 0 Å². The molecule has 7 heteroatoms. The zero-order chi connectivity index (χ0) is 18.0. The first-order chi connectivity index (χ1) is 11.9. The maximum Gasteiger partial charge on any atom is 0.255 e. The number of benzene rings is 1. The Kier molecular flexibility index (Phi) is 5.56. The van der Waals surface area contributed by atoms with Gasteiger partial charge in [0, 0.05) is 26.2 Å². The molecule has 0 unspecified atom stereocenters. The summed E-state index contributed by atoms with van der Waals surface area (Å²) in [5.41, 5.74) is 6.03. The Hall–Kier alpha value is -1.30. The van der Waals surface area contributed by atoms with Gasteiger partial charge in [-0.1, -0.05) is 48.5 Å². The van der Waals surface area contributed by atoms with Gasteiger partial charge in [-0.25, -0.2) is 0 Å². The Morgan fingerprint density at radius 2 is 1.56 bits per heavy atom.